The summed E-state index contributed by atoms with van der Waals surface area (Å²) in [5, 5.41) is 7.48. The lowest BCUT2D eigenvalue weighted by atomic mass is 10.2. The van der Waals surface area contributed by atoms with Crippen LogP contribution in [0, 0.1) is 0 Å². The first-order chi connectivity index (χ1) is 12.7. The number of aromatic nitrogens is 4. The molecule has 0 atom stereocenters. The van der Waals surface area contributed by atoms with Crippen LogP contribution in [0.25, 0.3) is 16.9 Å². The van der Waals surface area contributed by atoms with Crippen molar-refractivity contribution >= 4 is 11.4 Å². The van der Waals surface area contributed by atoms with Crippen molar-refractivity contribution < 1.29 is 4.79 Å². The van der Waals surface area contributed by atoms with Crippen LogP contribution in [0.4, 0.5) is 0 Å². The van der Waals surface area contributed by atoms with Crippen molar-refractivity contribution in [2.24, 2.45) is 7.05 Å². The lowest BCUT2D eigenvalue weighted by Gasteiger charge is -2.04. The number of carbonyl (C=O) groups is 1. The Hall–Kier alpha value is -3.41. The average molecular weight is 345 g/mol. The second kappa shape index (κ2) is 6.84. The van der Waals surface area contributed by atoms with Gasteiger partial charge in [0.1, 0.15) is 5.69 Å². The van der Waals surface area contributed by atoms with E-state index in [9.17, 15) is 4.79 Å². The van der Waals surface area contributed by atoms with E-state index in [0.717, 1.165) is 28.9 Å². The van der Waals surface area contributed by atoms with Gasteiger partial charge in [0.25, 0.3) is 5.91 Å². The van der Waals surface area contributed by atoms with Crippen molar-refractivity contribution in [3.8, 4) is 11.4 Å². The molecule has 0 saturated carbocycles. The molecule has 4 aromatic heterocycles. The predicted molar refractivity (Wildman–Crippen MR) is 99.9 cm³/mol. The molecule has 6 heteroatoms. The van der Waals surface area contributed by atoms with Gasteiger partial charge < -0.3 is 9.72 Å². The van der Waals surface area contributed by atoms with Gasteiger partial charge in [-0.3, -0.25) is 14.5 Å². The SMILES string of the molecule is Cn1ccc(-c2cc(C(=O)NCCc3ccncc3)c3ccccn23)n1. The molecule has 4 heterocycles. The number of carbonyl (C=O) groups excluding carboxylic acids is 1. The van der Waals surface area contributed by atoms with Gasteiger partial charge in [-0.2, -0.15) is 5.10 Å². The molecular formula is C20H19N5O. The maximum absolute atomic E-state index is 12.7. The van der Waals surface area contributed by atoms with Crippen LogP contribution < -0.4 is 5.32 Å². The second-order valence-electron chi connectivity index (χ2n) is 6.14. The highest BCUT2D eigenvalue weighted by Crippen LogP contribution is 2.25. The first kappa shape index (κ1) is 16.1. The molecule has 6 nitrogen and oxygen atoms in total. The third kappa shape index (κ3) is 3.09. The van der Waals surface area contributed by atoms with E-state index in [1.54, 1.807) is 17.1 Å². The van der Waals surface area contributed by atoms with Crippen molar-refractivity contribution in [3.05, 3.63) is 78.4 Å². The summed E-state index contributed by atoms with van der Waals surface area (Å²) in [6, 6.07) is 13.6. The molecule has 0 aromatic carbocycles. The van der Waals surface area contributed by atoms with Crippen LogP contribution in [0.1, 0.15) is 15.9 Å². The Morgan fingerprint density at radius 3 is 2.73 bits per heavy atom. The largest absolute Gasteiger partial charge is 0.352 e. The van der Waals surface area contributed by atoms with Gasteiger partial charge in [0, 0.05) is 38.4 Å². The maximum atomic E-state index is 12.7. The fourth-order valence-corrected chi connectivity index (χ4v) is 3.05. The molecule has 0 spiro atoms. The summed E-state index contributed by atoms with van der Waals surface area (Å²) in [5.41, 5.74) is 4.41. The molecule has 4 aromatic rings. The highest BCUT2D eigenvalue weighted by Gasteiger charge is 2.17. The summed E-state index contributed by atoms with van der Waals surface area (Å²) in [6.45, 7) is 0.575. The molecular weight excluding hydrogens is 326 g/mol. The van der Waals surface area contributed by atoms with Crippen molar-refractivity contribution in [3.63, 3.8) is 0 Å². The molecule has 0 saturated heterocycles. The van der Waals surface area contributed by atoms with Gasteiger partial charge in [0.2, 0.25) is 0 Å². The molecule has 0 radical (unpaired) electrons. The summed E-state index contributed by atoms with van der Waals surface area (Å²) in [4.78, 5) is 16.7. The molecule has 4 rings (SSSR count). The topological polar surface area (TPSA) is 64.2 Å². The van der Waals surface area contributed by atoms with Crippen LogP contribution in [0.2, 0.25) is 0 Å². The number of hydrogen-bond acceptors (Lipinski definition) is 3. The van der Waals surface area contributed by atoms with E-state index in [1.165, 1.54) is 0 Å². The summed E-state index contributed by atoms with van der Waals surface area (Å²) >= 11 is 0. The van der Waals surface area contributed by atoms with E-state index in [0.29, 0.717) is 12.1 Å². The van der Waals surface area contributed by atoms with Gasteiger partial charge >= 0.3 is 0 Å². The van der Waals surface area contributed by atoms with Gasteiger partial charge in [-0.05, 0) is 48.4 Å². The van der Waals surface area contributed by atoms with Crippen LogP contribution in [0.3, 0.4) is 0 Å². The van der Waals surface area contributed by atoms with E-state index in [2.05, 4.69) is 15.4 Å². The van der Waals surface area contributed by atoms with Crippen LogP contribution in [0.5, 0.6) is 0 Å². The zero-order chi connectivity index (χ0) is 17.9. The molecule has 0 unspecified atom stereocenters. The molecule has 26 heavy (non-hydrogen) atoms. The Morgan fingerprint density at radius 2 is 1.96 bits per heavy atom. The van der Waals surface area contributed by atoms with Crippen molar-refractivity contribution in [1.82, 2.24) is 24.5 Å². The number of amides is 1. The predicted octanol–water partition coefficient (Wildman–Crippen LogP) is 2.71. The molecule has 0 fully saturated rings. The van der Waals surface area contributed by atoms with Crippen molar-refractivity contribution in [2.45, 2.75) is 6.42 Å². The molecule has 0 bridgehead atoms. The fraction of sp³-hybridized carbons (Fsp3) is 0.150. The van der Waals surface area contributed by atoms with E-state index in [-0.39, 0.29) is 5.91 Å². The number of rotatable bonds is 5. The Kier molecular flexibility index (Phi) is 4.23. The van der Waals surface area contributed by atoms with Gasteiger partial charge in [-0.1, -0.05) is 6.07 Å². The van der Waals surface area contributed by atoms with Crippen LogP contribution in [0.15, 0.2) is 67.3 Å². The quantitative estimate of drug-likeness (QED) is 0.605. The van der Waals surface area contributed by atoms with E-state index < -0.39 is 0 Å². The third-order valence-corrected chi connectivity index (χ3v) is 4.35. The van der Waals surface area contributed by atoms with E-state index in [1.807, 2.05) is 66.3 Å². The Balaban J connectivity index is 1.59. The summed E-state index contributed by atoms with van der Waals surface area (Å²) in [6.07, 6.45) is 8.14. The first-order valence-electron chi connectivity index (χ1n) is 8.49. The first-order valence-corrected chi connectivity index (χ1v) is 8.49. The van der Waals surface area contributed by atoms with Gasteiger partial charge in [-0.15, -0.1) is 0 Å². The lowest BCUT2D eigenvalue weighted by Crippen LogP contribution is -2.25. The molecule has 0 aliphatic rings. The Morgan fingerprint density at radius 1 is 1.12 bits per heavy atom. The van der Waals surface area contributed by atoms with Crippen LogP contribution in [-0.4, -0.2) is 31.6 Å². The molecule has 1 N–H and O–H groups in total. The second-order valence-corrected chi connectivity index (χ2v) is 6.14. The number of nitrogens with zero attached hydrogens (tertiary/aromatic N) is 4. The normalized spacial score (nSPS) is 11.0. The zero-order valence-corrected chi connectivity index (χ0v) is 14.5. The third-order valence-electron chi connectivity index (χ3n) is 4.35. The number of nitrogens with one attached hydrogen (secondary N) is 1. The van der Waals surface area contributed by atoms with Gasteiger partial charge in [-0.25, -0.2) is 0 Å². The Bertz CT molecular complexity index is 1050. The van der Waals surface area contributed by atoms with Crippen LogP contribution >= 0.6 is 0 Å². The average Bonchev–Trinajstić information content (AvgIpc) is 3.26. The van der Waals surface area contributed by atoms with E-state index in [4.69, 9.17) is 0 Å². The Labute approximate surface area is 151 Å². The molecule has 0 aliphatic carbocycles. The minimum atomic E-state index is -0.0788. The van der Waals surface area contributed by atoms with Gasteiger partial charge in [0.15, 0.2) is 0 Å². The highest BCUT2D eigenvalue weighted by atomic mass is 16.1. The maximum Gasteiger partial charge on any atom is 0.253 e. The molecule has 1 amide bonds. The van der Waals surface area contributed by atoms with Gasteiger partial charge in [0.05, 0.1) is 16.8 Å². The smallest absolute Gasteiger partial charge is 0.253 e. The fourth-order valence-electron chi connectivity index (χ4n) is 3.05. The summed E-state index contributed by atoms with van der Waals surface area (Å²) < 4.78 is 3.76. The monoisotopic (exact) mass is 345 g/mol. The minimum Gasteiger partial charge on any atom is -0.352 e. The molecule has 130 valence electrons. The lowest BCUT2D eigenvalue weighted by molar-refractivity contribution is 0.0956. The zero-order valence-electron chi connectivity index (χ0n) is 14.5. The standard InChI is InChI=1S/C20H19N5O/c1-24-13-8-17(23-24)19-14-16(18-4-2-3-12-25(18)19)20(26)22-11-7-15-5-9-21-10-6-15/h2-6,8-10,12-14H,7,11H2,1H3,(H,22,26). The van der Waals surface area contributed by atoms with Crippen LogP contribution in [-0.2, 0) is 13.5 Å². The molecule has 0 aliphatic heterocycles. The number of hydrogen-bond donors (Lipinski definition) is 1. The van der Waals surface area contributed by atoms with Crippen molar-refractivity contribution in [2.75, 3.05) is 6.54 Å². The summed E-state index contributed by atoms with van der Waals surface area (Å²) in [7, 11) is 1.88. The van der Waals surface area contributed by atoms with E-state index >= 15 is 0 Å². The summed E-state index contributed by atoms with van der Waals surface area (Å²) in [5.74, 6) is -0.0788. The number of aryl methyl sites for hydroxylation is 1. The minimum absolute atomic E-state index is 0.0788. The highest BCUT2D eigenvalue weighted by molar-refractivity contribution is 6.02. The number of fused-ring (bicyclic) bond motifs is 1. The number of pyridine rings is 2. The van der Waals surface area contributed by atoms with Crippen molar-refractivity contribution in [1.29, 1.82) is 0 Å².